The number of carbonyl (C=O) groups is 2. The van der Waals surface area contributed by atoms with Gasteiger partial charge >= 0.3 is 5.97 Å². The minimum Gasteiger partial charge on any atom is -0.465 e. The van der Waals surface area contributed by atoms with Gasteiger partial charge in [0, 0.05) is 43.3 Å². The van der Waals surface area contributed by atoms with Crippen LogP contribution in [-0.4, -0.2) is 67.3 Å². The number of fused-ring (bicyclic) bond motifs is 1. The lowest BCUT2D eigenvalue weighted by atomic mass is 10.2. The number of rotatable bonds is 7. The van der Waals surface area contributed by atoms with E-state index in [2.05, 4.69) is 24.1 Å². The Kier molecular flexibility index (Phi) is 6.70. The molecule has 1 unspecified atom stereocenters. The number of esters is 1. The largest absolute Gasteiger partial charge is 0.465 e. The Morgan fingerprint density at radius 2 is 2.11 bits per heavy atom. The Morgan fingerprint density at radius 3 is 2.86 bits per heavy atom. The van der Waals surface area contributed by atoms with Gasteiger partial charge in [0.25, 0.3) is 0 Å². The van der Waals surface area contributed by atoms with Gasteiger partial charge in [-0.25, -0.2) is 4.79 Å². The van der Waals surface area contributed by atoms with Crippen molar-refractivity contribution in [2.45, 2.75) is 26.5 Å². The number of hydrogen-bond donors (Lipinski definition) is 1. The number of para-hydroxylation sites is 1. The van der Waals surface area contributed by atoms with Gasteiger partial charge in [0.05, 0.1) is 25.4 Å². The molecule has 28 heavy (non-hydrogen) atoms. The van der Waals surface area contributed by atoms with Gasteiger partial charge in [-0.15, -0.1) is 0 Å². The third-order valence-electron chi connectivity index (χ3n) is 4.88. The average Bonchev–Trinajstić information content (AvgIpc) is 3.04. The van der Waals surface area contributed by atoms with Crippen molar-refractivity contribution < 1.29 is 19.1 Å². The van der Waals surface area contributed by atoms with E-state index in [0.29, 0.717) is 24.6 Å². The van der Waals surface area contributed by atoms with Gasteiger partial charge in [0.15, 0.2) is 0 Å². The maximum Gasteiger partial charge on any atom is 0.340 e. The van der Waals surface area contributed by atoms with E-state index in [0.717, 1.165) is 30.5 Å². The summed E-state index contributed by atoms with van der Waals surface area (Å²) in [6, 6.07) is 7.50. The Labute approximate surface area is 165 Å². The van der Waals surface area contributed by atoms with Gasteiger partial charge in [-0.05, 0) is 12.0 Å². The lowest BCUT2D eigenvalue weighted by Gasteiger charge is -2.33. The zero-order valence-corrected chi connectivity index (χ0v) is 16.8. The standard InChI is InChI=1S/C21H29N3O4/c1-15(2)11-23-8-9-28-16(12-23)10-22-20(25)14-24-13-18(21(26)27-3)17-6-4-5-7-19(17)24/h4-7,13,15-16H,8-12,14H2,1-3H3,(H,22,25). The summed E-state index contributed by atoms with van der Waals surface area (Å²) in [5.74, 6) is 0.0947. The second-order valence-electron chi connectivity index (χ2n) is 7.63. The molecule has 0 aliphatic carbocycles. The number of amides is 1. The summed E-state index contributed by atoms with van der Waals surface area (Å²) in [5, 5.41) is 3.74. The van der Waals surface area contributed by atoms with Crippen molar-refractivity contribution in [3.8, 4) is 0 Å². The van der Waals surface area contributed by atoms with E-state index < -0.39 is 5.97 Å². The van der Waals surface area contributed by atoms with Crippen molar-refractivity contribution in [1.29, 1.82) is 0 Å². The van der Waals surface area contributed by atoms with E-state index in [-0.39, 0.29) is 18.6 Å². The maximum absolute atomic E-state index is 12.5. The van der Waals surface area contributed by atoms with Crippen LogP contribution in [0.1, 0.15) is 24.2 Å². The molecule has 0 spiro atoms. The van der Waals surface area contributed by atoms with E-state index in [4.69, 9.17) is 9.47 Å². The van der Waals surface area contributed by atoms with Crippen molar-refractivity contribution in [2.24, 2.45) is 5.92 Å². The molecule has 0 saturated carbocycles. The second-order valence-corrected chi connectivity index (χ2v) is 7.63. The molecule has 1 aliphatic rings. The van der Waals surface area contributed by atoms with Crippen LogP contribution in [0.5, 0.6) is 0 Å². The first-order valence-corrected chi connectivity index (χ1v) is 9.74. The maximum atomic E-state index is 12.5. The highest BCUT2D eigenvalue weighted by Gasteiger charge is 2.22. The molecule has 2 aromatic rings. The van der Waals surface area contributed by atoms with Gasteiger partial charge in [-0.2, -0.15) is 0 Å². The SMILES string of the molecule is COC(=O)c1cn(CC(=O)NCC2CN(CC(C)C)CCO2)c2ccccc12. The highest BCUT2D eigenvalue weighted by Crippen LogP contribution is 2.22. The fraction of sp³-hybridized carbons (Fsp3) is 0.524. The molecule has 7 heteroatoms. The molecule has 152 valence electrons. The van der Waals surface area contributed by atoms with E-state index in [1.165, 1.54) is 7.11 Å². The van der Waals surface area contributed by atoms with Gasteiger partial charge in [-0.1, -0.05) is 32.0 Å². The van der Waals surface area contributed by atoms with Gasteiger partial charge in [-0.3, -0.25) is 9.69 Å². The molecule has 0 radical (unpaired) electrons. The first kappa shape index (κ1) is 20.4. The molecular formula is C21H29N3O4. The van der Waals surface area contributed by atoms with Crippen LogP contribution in [0.3, 0.4) is 0 Å². The lowest BCUT2D eigenvalue weighted by molar-refractivity contribution is -0.122. The third kappa shape index (κ3) is 4.91. The molecule has 7 nitrogen and oxygen atoms in total. The number of nitrogens with one attached hydrogen (secondary N) is 1. The monoisotopic (exact) mass is 387 g/mol. The van der Waals surface area contributed by atoms with Crippen molar-refractivity contribution in [2.75, 3.05) is 39.9 Å². The zero-order chi connectivity index (χ0) is 20.1. The number of carbonyl (C=O) groups excluding carboxylic acids is 2. The van der Waals surface area contributed by atoms with Crippen LogP contribution in [0.25, 0.3) is 10.9 Å². The van der Waals surface area contributed by atoms with E-state index in [1.807, 2.05) is 24.3 Å². The van der Waals surface area contributed by atoms with Gasteiger partial charge in [0.2, 0.25) is 5.91 Å². The summed E-state index contributed by atoms with van der Waals surface area (Å²) < 4.78 is 12.4. The van der Waals surface area contributed by atoms with E-state index in [9.17, 15) is 9.59 Å². The molecule has 1 atom stereocenters. The summed E-state index contributed by atoms with van der Waals surface area (Å²) in [4.78, 5) is 26.9. The normalized spacial score (nSPS) is 17.8. The van der Waals surface area contributed by atoms with Crippen LogP contribution in [0.4, 0.5) is 0 Å². The third-order valence-corrected chi connectivity index (χ3v) is 4.88. The number of morpholine rings is 1. The molecule has 3 rings (SSSR count). The molecule has 0 bridgehead atoms. The number of ether oxygens (including phenoxy) is 2. The fourth-order valence-corrected chi connectivity index (χ4v) is 3.67. The predicted molar refractivity (Wildman–Crippen MR) is 107 cm³/mol. The molecule has 1 amide bonds. The minimum absolute atomic E-state index is 0.00323. The van der Waals surface area contributed by atoms with Crippen molar-refractivity contribution >= 4 is 22.8 Å². The summed E-state index contributed by atoms with van der Waals surface area (Å²) >= 11 is 0. The Morgan fingerprint density at radius 1 is 1.32 bits per heavy atom. The minimum atomic E-state index is -0.406. The number of methoxy groups -OCH3 is 1. The fourth-order valence-electron chi connectivity index (χ4n) is 3.67. The van der Waals surface area contributed by atoms with Gasteiger partial charge < -0.3 is 19.4 Å². The number of hydrogen-bond acceptors (Lipinski definition) is 5. The zero-order valence-electron chi connectivity index (χ0n) is 16.8. The van der Waals surface area contributed by atoms with Crippen molar-refractivity contribution in [3.05, 3.63) is 36.0 Å². The molecule has 1 aromatic carbocycles. The van der Waals surface area contributed by atoms with Gasteiger partial charge in [0.1, 0.15) is 6.54 Å². The summed E-state index contributed by atoms with van der Waals surface area (Å²) in [5.41, 5.74) is 1.29. The highest BCUT2D eigenvalue weighted by molar-refractivity contribution is 6.04. The molecular weight excluding hydrogens is 358 g/mol. The highest BCUT2D eigenvalue weighted by atomic mass is 16.5. The van der Waals surface area contributed by atoms with Crippen LogP contribution < -0.4 is 5.32 Å². The Bertz CT molecular complexity index is 830. The lowest BCUT2D eigenvalue weighted by Crippen LogP contribution is -2.48. The van der Waals surface area contributed by atoms with Crippen LogP contribution in [0.15, 0.2) is 30.5 Å². The first-order chi connectivity index (χ1) is 13.5. The molecule has 1 aromatic heterocycles. The van der Waals surface area contributed by atoms with E-state index >= 15 is 0 Å². The topological polar surface area (TPSA) is 72.8 Å². The first-order valence-electron chi connectivity index (χ1n) is 9.74. The van der Waals surface area contributed by atoms with Crippen LogP contribution in [0.2, 0.25) is 0 Å². The number of benzene rings is 1. The number of aromatic nitrogens is 1. The quantitative estimate of drug-likeness (QED) is 0.735. The van der Waals surface area contributed by atoms with E-state index in [1.54, 1.807) is 10.8 Å². The molecule has 2 heterocycles. The Hall–Kier alpha value is -2.38. The summed E-state index contributed by atoms with van der Waals surface area (Å²) in [7, 11) is 1.36. The Balaban J connectivity index is 1.60. The second kappa shape index (κ2) is 9.21. The average molecular weight is 387 g/mol. The van der Waals surface area contributed by atoms with Crippen molar-refractivity contribution in [1.82, 2.24) is 14.8 Å². The van der Waals surface area contributed by atoms with Crippen LogP contribution in [-0.2, 0) is 20.8 Å². The van der Waals surface area contributed by atoms with Crippen LogP contribution >= 0.6 is 0 Å². The summed E-state index contributed by atoms with van der Waals surface area (Å²) in [6.45, 7) is 8.53. The molecule has 1 saturated heterocycles. The molecule has 1 fully saturated rings. The number of nitrogens with zero attached hydrogens (tertiary/aromatic N) is 2. The molecule has 1 aliphatic heterocycles. The smallest absolute Gasteiger partial charge is 0.340 e. The van der Waals surface area contributed by atoms with Crippen molar-refractivity contribution in [3.63, 3.8) is 0 Å². The summed E-state index contributed by atoms with van der Waals surface area (Å²) in [6.07, 6.45) is 1.68. The van der Waals surface area contributed by atoms with Crippen LogP contribution in [0, 0.1) is 5.92 Å². The predicted octanol–water partition coefficient (Wildman–Crippen LogP) is 1.90. The molecule has 1 N–H and O–H groups in total.